The number of carbonyl (C=O) groups is 2. The van der Waals surface area contributed by atoms with Crippen molar-refractivity contribution in [2.24, 2.45) is 5.92 Å². The molecule has 6 nitrogen and oxygen atoms in total. The van der Waals surface area contributed by atoms with E-state index in [1.807, 2.05) is 0 Å². The SMILES string of the molecule is CCOC(=O)[C@@H]1C(=O)NC(SC)=C(C#N)[C@@H]1c1ccccc1OC. The van der Waals surface area contributed by atoms with Crippen LogP contribution >= 0.6 is 11.8 Å². The second-order valence-electron chi connectivity index (χ2n) is 5.00. The molecule has 0 aliphatic carbocycles. The van der Waals surface area contributed by atoms with Crippen LogP contribution in [0.3, 0.4) is 0 Å². The first-order chi connectivity index (χ1) is 11.6. The minimum absolute atomic E-state index is 0.155. The molecule has 24 heavy (non-hydrogen) atoms. The highest BCUT2D eigenvalue weighted by atomic mass is 32.2. The van der Waals surface area contributed by atoms with Crippen LogP contribution in [0.1, 0.15) is 18.4 Å². The van der Waals surface area contributed by atoms with Gasteiger partial charge >= 0.3 is 5.97 Å². The maximum absolute atomic E-state index is 12.5. The fourth-order valence-corrected chi connectivity index (χ4v) is 3.33. The van der Waals surface area contributed by atoms with Gasteiger partial charge in [0.1, 0.15) is 11.7 Å². The smallest absolute Gasteiger partial charge is 0.319 e. The number of nitrogens with one attached hydrogen (secondary N) is 1. The molecule has 1 aromatic carbocycles. The number of methoxy groups -OCH3 is 1. The molecule has 2 atom stereocenters. The van der Waals surface area contributed by atoms with Crippen molar-refractivity contribution < 1.29 is 19.1 Å². The second kappa shape index (κ2) is 7.88. The van der Waals surface area contributed by atoms with E-state index in [-0.39, 0.29) is 6.61 Å². The van der Waals surface area contributed by atoms with E-state index < -0.39 is 23.7 Å². The lowest BCUT2D eigenvalue weighted by atomic mass is 9.78. The minimum Gasteiger partial charge on any atom is -0.496 e. The lowest BCUT2D eigenvalue weighted by Gasteiger charge is -2.31. The molecule has 7 heteroatoms. The normalized spacial score (nSPS) is 20.2. The molecule has 2 rings (SSSR count). The molecule has 1 aliphatic heterocycles. The zero-order chi connectivity index (χ0) is 17.7. The van der Waals surface area contributed by atoms with Crippen LogP contribution in [-0.4, -0.2) is 31.8 Å². The summed E-state index contributed by atoms with van der Waals surface area (Å²) >= 11 is 1.25. The van der Waals surface area contributed by atoms with Crippen LogP contribution in [0.25, 0.3) is 0 Å². The van der Waals surface area contributed by atoms with Crippen LogP contribution in [0.2, 0.25) is 0 Å². The van der Waals surface area contributed by atoms with Crippen LogP contribution in [0, 0.1) is 17.2 Å². The first-order valence-electron chi connectivity index (χ1n) is 7.37. The van der Waals surface area contributed by atoms with Crippen LogP contribution < -0.4 is 10.1 Å². The van der Waals surface area contributed by atoms with Crippen LogP contribution in [-0.2, 0) is 14.3 Å². The van der Waals surface area contributed by atoms with E-state index in [9.17, 15) is 14.9 Å². The van der Waals surface area contributed by atoms with E-state index in [0.29, 0.717) is 21.9 Å². The van der Waals surface area contributed by atoms with Gasteiger partial charge in [0.25, 0.3) is 0 Å². The molecule has 1 amide bonds. The molecule has 1 heterocycles. The molecular formula is C17H18N2O4S. The summed E-state index contributed by atoms with van der Waals surface area (Å²) in [5.41, 5.74) is 0.931. The number of allylic oxidation sites excluding steroid dienone is 1. The van der Waals surface area contributed by atoms with E-state index in [4.69, 9.17) is 9.47 Å². The summed E-state index contributed by atoms with van der Waals surface area (Å²) < 4.78 is 10.4. The highest BCUT2D eigenvalue weighted by molar-refractivity contribution is 8.02. The number of amides is 1. The zero-order valence-corrected chi connectivity index (χ0v) is 14.5. The third-order valence-corrected chi connectivity index (χ3v) is 4.48. The molecule has 1 aromatic rings. The van der Waals surface area contributed by atoms with Crippen molar-refractivity contribution in [2.75, 3.05) is 20.0 Å². The van der Waals surface area contributed by atoms with E-state index in [0.717, 1.165) is 0 Å². The quantitative estimate of drug-likeness (QED) is 0.649. The molecule has 0 unspecified atom stereocenters. The Hall–Kier alpha value is -2.46. The van der Waals surface area contributed by atoms with Crippen LogP contribution in [0.5, 0.6) is 5.75 Å². The zero-order valence-electron chi connectivity index (χ0n) is 13.7. The lowest BCUT2D eigenvalue weighted by Crippen LogP contribution is -2.44. The summed E-state index contributed by atoms with van der Waals surface area (Å²) in [5.74, 6) is -2.50. The summed E-state index contributed by atoms with van der Waals surface area (Å²) in [6, 6.07) is 9.19. The summed E-state index contributed by atoms with van der Waals surface area (Å²) in [7, 11) is 1.51. The molecule has 0 saturated carbocycles. The van der Waals surface area contributed by atoms with E-state index in [2.05, 4.69) is 11.4 Å². The summed E-state index contributed by atoms with van der Waals surface area (Å²) in [6.07, 6.45) is 1.76. The third-order valence-electron chi connectivity index (χ3n) is 3.75. The predicted molar refractivity (Wildman–Crippen MR) is 90.2 cm³/mol. The van der Waals surface area contributed by atoms with Gasteiger partial charge in [-0.3, -0.25) is 9.59 Å². The van der Waals surface area contributed by atoms with Gasteiger partial charge in [0.05, 0.1) is 30.4 Å². The van der Waals surface area contributed by atoms with Crippen molar-refractivity contribution >= 4 is 23.6 Å². The Morgan fingerprint density at radius 3 is 2.71 bits per heavy atom. The van der Waals surface area contributed by atoms with E-state index in [1.54, 1.807) is 37.4 Å². The van der Waals surface area contributed by atoms with Crippen molar-refractivity contribution in [1.82, 2.24) is 5.32 Å². The standard InChI is InChI=1S/C17H18N2O4S/c1-4-23-17(21)14-13(10-7-5-6-8-12(10)22-2)11(9-18)16(24-3)19-15(14)20/h5-8,13-14H,4H2,1-3H3,(H,19,20)/t13-,14-/m0/s1. The summed E-state index contributed by atoms with van der Waals surface area (Å²) in [5, 5.41) is 12.7. The third kappa shape index (κ3) is 3.24. The monoisotopic (exact) mass is 346 g/mol. The van der Waals surface area contributed by atoms with Gasteiger partial charge in [-0.05, 0) is 19.2 Å². The molecule has 126 valence electrons. The number of hydrogen-bond acceptors (Lipinski definition) is 6. The van der Waals surface area contributed by atoms with Gasteiger partial charge < -0.3 is 14.8 Å². The second-order valence-corrected chi connectivity index (χ2v) is 5.81. The average molecular weight is 346 g/mol. The number of benzene rings is 1. The number of nitrogens with zero attached hydrogens (tertiary/aromatic N) is 1. The van der Waals surface area contributed by atoms with Crippen molar-refractivity contribution in [3.63, 3.8) is 0 Å². The Labute approximate surface area is 144 Å². The van der Waals surface area contributed by atoms with Crippen molar-refractivity contribution in [1.29, 1.82) is 5.26 Å². The molecule has 0 radical (unpaired) electrons. The van der Waals surface area contributed by atoms with Crippen molar-refractivity contribution in [3.8, 4) is 11.8 Å². The topological polar surface area (TPSA) is 88.4 Å². The number of hydrogen-bond donors (Lipinski definition) is 1. The highest BCUT2D eigenvalue weighted by Gasteiger charge is 2.45. The molecular weight excluding hydrogens is 328 g/mol. The molecule has 0 aromatic heterocycles. The first-order valence-corrected chi connectivity index (χ1v) is 8.60. The number of para-hydroxylation sites is 1. The Morgan fingerprint density at radius 2 is 2.12 bits per heavy atom. The summed E-state index contributed by atoms with van der Waals surface area (Å²) in [4.78, 5) is 24.9. The fourth-order valence-electron chi connectivity index (χ4n) is 2.73. The summed E-state index contributed by atoms with van der Waals surface area (Å²) in [6.45, 7) is 1.83. The van der Waals surface area contributed by atoms with E-state index in [1.165, 1.54) is 18.9 Å². The average Bonchev–Trinajstić information content (AvgIpc) is 2.60. The van der Waals surface area contributed by atoms with Crippen molar-refractivity contribution in [3.05, 3.63) is 40.4 Å². The molecule has 1 aliphatic rings. The number of thioether (sulfide) groups is 1. The van der Waals surface area contributed by atoms with Gasteiger partial charge in [-0.15, -0.1) is 11.8 Å². The number of carbonyl (C=O) groups excluding carboxylic acids is 2. The Morgan fingerprint density at radius 1 is 1.42 bits per heavy atom. The Bertz CT molecular complexity index is 724. The molecule has 0 spiro atoms. The Balaban J connectivity index is 2.67. The maximum Gasteiger partial charge on any atom is 0.319 e. The van der Waals surface area contributed by atoms with Gasteiger partial charge in [0, 0.05) is 11.5 Å². The highest BCUT2D eigenvalue weighted by Crippen LogP contribution is 2.42. The number of nitriles is 1. The maximum atomic E-state index is 12.5. The van der Waals surface area contributed by atoms with E-state index >= 15 is 0 Å². The lowest BCUT2D eigenvalue weighted by molar-refractivity contribution is -0.152. The number of ether oxygens (including phenoxy) is 2. The van der Waals surface area contributed by atoms with Crippen LogP contribution in [0.4, 0.5) is 0 Å². The number of rotatable bonds is 5. The Kier molecular flexibility index (Phi) is 5.88. The molecule has 0 saturated heterocycles. The van der Waals surface area contributed by atoms with Crippen molar-refractivity contribution in [2.45, 2.75) is 12.8 Å². The molecule has 0 bridgehead atoms. The van der Waals surface area contributed by atoms with Gasteiger partial charge in [-0.1, -0.05) is 18.2 Å². The van der Waals surface area contributed by atoms with Gasteiger partial charge in [-0.2, -0.15) is 5.26 Å². The molecule has 0 fully saturated rings. The molecule has 1 N–H and O–H groups in total. The van der Waals surface area contributed by atoms with Gasteiger partial charge in [0.2, 0.25) is 5.91 Å². The predicted octanol–water partition coefficient (Wildman–Crippen LogP) is 2.19. The fraction of sp³-hybridized carbons (Fsp3) is 0.353. The van der Waals surface area contributed by atoms with Gasteiger partial charge in [-0.25, -0.2) is 0 Å². The van der Waals surface area contributed by atoms with Gasteiger partial charge in [0.15, 0.2) is 0 Å². The number of esters is 1. The van der Waals surface area contributed by atoms with Crippen LogP contribution in [0.15, 0.2) is 34.9 Å². The first kappa shape index (κ1) is 17.9. The minimum atomic E-state index is -1.13. The largest absolute Gasteiger partial charge is 0.496 e.